The lowest BCUT2D eigenvalue weighted by atomic mass is 10.0. The smallest absolute Gasteiger partial charge is 0.246 e. The maximum Gasteiger partial charge on any atom is 0.246 e. The van der Waals surface area contributed by atoms with Gasteiger partial charge in [-0.25, -0.2) is 13.8 Å². The molecule has 0 N–H and O–H groups in total. The average Bonchev–Trinajstić information content (AvgIpc) is 3.84. The Balaban J connectivity index is 0.000000495. The number of amides is 1. The van der Waals surface area contributed by atoms with Gasteiger partial charge in [0, 0.05) is 53.4 Å². The van der Waals surface area contributed by atoms with E-state index in [1.165, 1.54) is 29.8 Å². The molecule has 0 fully saturated rings. The molecule has 0 atom stereocenters. The third-order valence-electron chi connectivity index (χ3n) is 7.22. The van der Waals surface area contributed by atoms with Gasteiger partial charge in [-0.05, 0) is 41.8 Å². The molecule has 47 heavy (non-hydrogen) atoms. The van der Waals surface area contributed by atoms with Crippen molar-refractivity contribution in [1.82, 2.24) is 29.4 Å². The van der Waals surface area contributed by atoms with Crippen LogP contribution in [-0.2, 0) is 34.4 Å². The summed E-state index contributed by atoms with van der Waals surface area (Å²) in [6.45, 7) is 13.6. The summed E-state index contributed by atoms with van der Waals surface area (Å²) >= 11 is 1.46. The molecule has 5 aromatic rings. The van der Waals surface area contributed by atoms with Crippen molar-refractivity contribution in [1.29, 1.82) is 0 Å². The third kappa shape index (κ3) is 7.90. The summed E-state index contributed by atoms with van der Waals surface area (Å²) in [6.07, 6.45) is 6.73. The average molecular weight is 661 g/mol. The molecule has 0 radical (unpaired) electrons. The van der Waals surface area contributed by atoms with E-state index in [1.807, 2.05) is 66.0 Å². The molecule has 246 valence electrons. The number of aromatic nitrogens is 5. The molecule has 5 heterocycles. The van der Waals surface area contributed by atoms with Crippen LogP contribution >= 0.6 is 11.3 Å². The lowest BCUT2D eigenvalue weighted by Gasteiger charge is -2.26. The van der Waals surface area contributed by atoms with E-state index in [-0.39, 0.29) is 12.2 Å². The Kier molecular flexibility index (Phi) is 12.3. The van der Waals surface area contributed by atoms with Crippen LogP contribution < -0.4 is 0 Å². The standard InChI is InChI=1S/C28H22F2N6OS.C5H10O2.C2H6/c1-3-25(37)35-9-10-36-20(16-35)14-23(33-36)27-22(13-19(30)6-8-29)28-21(7-11-38-28)26(32-27)17-4-5-24-18(12-17)15-31-34(24)2;1-3-7-5-4-6-2;1-2/h3-8,11-15H,1,9-10,16H2,2H3;3H,1,4-5H2,2H3;1-2H3/b8-6+,19-13?;;. The van der Waals surface area contributed by atoms with Gasteiger partial charge in [0.2, 0.25) is 5.91 Å². The molecular formula is C35H38F2N6O3S. The van der Waals surface area contributed by atoms with Crippen LogP contribution in [0.2, 0.25) is 0 Å². The number of thiophene rings is 1. The van der Waals surface area contributed by atoms with Gasteiger partial charge in [-0.15, -0.1) is 11.3 Å². The molecule has 1 aromatic carbocycles. The molecule has 1 aliphatic heterocycles. The molecule has 4 aromatic heterocycles. The highest BCUT2D eigenvalue weighted by Gasteiger charge is 2.24. The largest absolute Gasteiger partial charge is 0.499 e. The summed E-state index contributed by atoms with van der Waals surface area (Å²) in [4.78, 5) is 18.9. The normalized spacial score (nSPS) is 12.7. The van der Waals surface area contributed by atoms with E-state index in [0.717, 1.165) is 44.0 Å². The highest BCUT2D eigenvalue weighted by Crippen LogP contribution is 2.40. The van der Waals surface area contributed by atoms with Crippen molar-refractivity contribution >= 4 is 44.3 Å². The van der Waals surface area contributed by atoms with Gasteiger partial charge in [-0.3, -0.25) is 14.2 Å². The Morgan fingerprint density at radius 2 is 1.94 bits per heavy atom. The van der Waals surface area contributed by atoms with Gasteiger partial charge in [-0.1, -0.05) is 33.1 Å². The third-order valence-corrected chi connectivity index (χ3v) is 8.17. The minimum atomic E-state index is -0.735. The van der Waals surface area contributed by atoms with Crippen molar-refractivity contribution in [2.75, 3.05) is 26.9 Å². The number of rotatable bonds is 9. The zero-order valence-corrected chi connectivity index (χ0v) is 27.8. The van der Waals surface area contributed by atoms with Gasteiger partial charge in [-0.2, -0.15) is 10.2 Å². The van der Waals surface area contributed by atoms with Crippen molar-refractivity contribution in [3.05, 3.63) is 96.9 Å². The number of fused-ring (bicyclic) bond motifs is 3. The van der Waals surface area contributed by atoms with Crippen LogP contribution in [0.3, 0.4) is 0 Å². The predicted octanol–water partition coefficient (Wildman–Crippen LogP) is 7.85. The van der Waals surface area contributed by atoms with E-state index in [0.29, 0.717) is 49.8 Å². The summed E-state index contributed by atoms with van der Waals surface area (Å²) in [5.41, 5.74) is 5.01. The molecular weight excluding hydrogens is 622 g/mol. The van der Waals surface area contributed by atoms with Gasteiger partial charge < -0.3 is 14.4 Å². The van der Waals surface area contributed by atoms with Gasteiger partial charge in [0.05, 0.1) is 55.4 Å². The molecule has 0 spiro atoms. The maximum atomic E-state index is 14.6. The Bertz CT molecular complexity index is 1920. The number of halogens is 2. The van der Waals surface area contributed by atoms with Gasteiger partial charge in [0.25, 0.3) is 0 Å². The van der Waals surface area contributed by atoms with Gasteiger partial charge >= 0.3 is 0 Å². The van der Waals surface area contributed by atoms with Crippen LogP contribution in [0.25, 0.3) is 49.7 Å². The number of nitrogens with zero attached hydrogens (tertiary/aromatic N) is 6. The molecule has 0 bridgehead atoms. The number of carbonyl (C=O) groups is 1. The number of carbonyl (C=O) groups excluding carboxylic acids is 1. The first-order valence-electron chi connectivity index (χ1n) is 15.1. The first kappa shape index (κ1) is 34.9. The van der Waals surface area contributed by atoms with Crippen LogP contribution in [0.15, 0.2) is 85.6 Å². The van der Waals surface area contributed by atoms with Crippen molar-refractivity contribution < 1.29 is 23.0 Å². The second kappa shape index (κ2) is 16.6. The zero-order valence-electron chi connectivity index (χ0n) is 27.0. The predicted molar refractivity (Wildman–Crippen MR) is 185 cm³/mol. The Morgan fingerprint density at radius 1 is 1.13 bits per heavy atom. The highest BCUT2D eigenvalue weighted by atomic mass is 32.1. The Morgan fingerprint density at radius 3 is 2.66 bits per heavy atom. The first-order valence-corrected chi connectivity index (χ1v) is 15.9. The van der Waals surface area contributed by atoms with Crippen LogP contribution in [0.5, 0.6) is 0 Å². The quantitative estimate of drug-likeness (QED) is 0.0693. The molecule has 6 rings (SSSR count). The van der Waals surface area contributed by atoms with E-state index in [2.05, 4.69) is 23.0 Å². The number of pyridine rings is 1. The summed E-state index contributed by atoms with van der Waals surface area (Å²) in [5.74, 6) is -0.879. The van der Waals surface area contributed by atoms with Gasteiger partial charge in [0.15, 0.2) is 0 Å². The fraction of sp³-hybridized carbons (Fsp3) is 0.257. The summed E-state index contributed by atoms with van der Waals surface area (Å²) in [5, 5.41) is 12.9. The first-order chi connectivity index (χ1) is 22.9. The number of aryl methyl sites for hydroxylation is 1. The molecule has 1 aliphatic rings. The summed E-state index contributed by atoms with van der Waals surface area (Å²) in [7, 11) is 3.52. The monoisotopic (exact) mass is 660 g/mol. The van der Waals surface area contributed by atoms with Crippen LogP contribution in [0.4, 0.5) is 8.78 Å². The highest BCUT2D eigenvalue weighted by molar-refractivity contribution is 7.17. The molecule has 0 saturated heterocycles. The summed E-state index contributed by atoms with van der Waals surface area (Å²) in [6, 6.07) is 9.85. The molecule has 0 aliphatic carbocycles. The SMILES string of the molecule is C=CC(=O)N1CCn2nc(-c3nc(-c4ccc5c(cnn5C)c4)c4ccsc4c3C=C(F)/C=C/F)cc2C1.C=COCCOC.CC. The Labute approximate surface area is 276 Å². The second-order valence-electron chi connectivity index (χ2n) is 9.99. The van der Waals surface area contributed by atoms with Crippen molar-refractivity contribution in [3.8, 4) is 22.6 Å². The molecule has 12 heteroatoms. The number of hydrogen-bond acceptors (Lipinski definition) is 7. The second-order valence-corrected chi connectivity index (χ2v) is 10.9. The minimum absolute atomic E-state index is 0.145. The maximum absolute atomic E-state index is 14.6. The zero-order chi connectivity index (χ0) is 33.9. The fourth-order valence-corrected chi connectivity index (χ4v) is 5.98. The van der Waals surface area contributed by atoms with E-state index in [9.17, 15) is 13.6 Å². The van der Waals surface area contributed by atoms with Crippen LogP contribution in [0, 0.1) is 0 Å². The van der Waals surface area contributed by atoms with Crippen LogP contribution in [-0.4, -0.2) is 62.2 Å². The van der Waals surface area contributed by atoms with E-state index < -0.39 is 5.83 Å². The number of methoxy groups -OCH3 is 1. The number of hydrogen-bond donors (Lipinski definition) is 0. The molecule has 1 amide bonds. The lowest BCUT2D eigenvalue weighted by molar-refractivity contribution is -0.127. The van der Waals surface area contributed by atoms with Crippen molar-refractivity contribution in [3.63, 3.8) is 0 Å². The van der Waals surface area contributed by atoms with Crippen molar-refractivity contribution in [2.45, 2.75) is 26.9 Å². The molecule has 9 nitrogen and oxygen atoms in total. The molecule has 0 unspecified atom stereocenters. The van der Waals surface area contributed by atoms with Gasteiger partial charge in [0.1, 0.15) is 23.8 Å². The van der Waals surface area contributed by atoms with E-state index >= 15 is 0 Å². The van der Waals surface area contributed by atoms with Crippen LogP contribution in [0.1, 0.15) is 25.1 Å². The number of allylic oxidation sites excluding steroid dienone is 2. The number of benzene rings is 1. The van der Waals surface area contributed by atoms with E-state index in [4.69, 9.17) is 14.8 Å². The summed E-state index contributed by atoms with van der Waals surface area (Å²) < 4.78 is 41.3. The minimum Gasteiger partial charge on any atom is -0.499 e. The lowest BCUT2D eigenvalue weighted by Crippen LogP contribution is -2.37. The fourth-order valence-electron chi connectivity index (χ4n) is 5.06. The molecule has 0 saturated carbocycles. The number of ether oxygens (including phenoxy) is 2. The van der Waals surface area contributed by atoms with Crippen molar-refractivity contribution in [2.24, 2.45) is 7.05 Å². The van der Waals surface area contributed by atoms with E-state index in [1.54, 1.807) is 18.2 Å². The Hall–Kier alpha value is -4.94. The topological polar surface area (TPSA) is 87.3 Å².